The molecular formula is C15H26ClOSi2. The van der Waals surface area contributed by atoms with Crippen molar-refractivity contribution in [3.05, 3.63) is 34.9 Å². The Morgan fingerprint density at radius 3 is 2.16 bits per heavy atom. The monoisotopic (exact) mass is 313 g/mol. The predicted molar refractivity (Wildman–Crippen MR) is 89.7 cm³/mol. The van der Waals surface area contributed by atoms with Gasteiger partial charge >= 0.3 is 0 Å². The van der Waals surface area contributed by atoms with Crippen molar-refractivity contribution in [2.45, 2.75) is 57.9 Å². The molecular weight excluding hydrogens is 288 g/mol. The van der Waals surface area contributed by atoms with Gasteiger partial charge in [0.2, 0.25) is 0 Å². The highest BCUT2D eigenvalue weighted by atomic mass is 35.5. The van der Waals surface area contributed by atoms with Gasteiger partial charge in [0, 0.05) is 5.02 Å². The molecule has 0 N–H and O–H groups in total. The van der Waals surface area contributed by atoms with Crippen molar-refractivity contribution in [1.82, 2.24) is 0 Å². The van der Waals surface area contributed by atoms with Crippen molar-refractivity contribution in [2.75, 3.05) is 0 Å². The van der Waals surface area contributed by atoms with Crippen LogP contribution in [-0.2, 0) is 10.2 Å². The van der Waals surface area contributed by atoms with E-state index in [2.05, 4.69) is 52.9 Å². The van der Waals surface area contributed by atoms with Crippen LogP contribution < -0.4 is 0 Å². The van der Waals surface area contributed by atoms with Crippen LogP contribution in [0.25, 0.3) is 0 Å². The van der Waals surface area contributed by atoms with Crippen LogP contribution in [0.1, 0.15) is 33.3 Å². The van der Waals surface area contributed by atoms with Crippen molar-refractivity contribution < 1.29 is 4.12 Å². The maximum absolute atomic E-state index is 6.60. The largest absolute Gasteiger partial charge is 0.455 e. The molecule has 107 valence electrons. The highest BCUT2D eigenvalue weighted by Crippen LogP contribution is 2.37. The van der Waals surface area contributed by atoms with E-state index in [1.165, 1.54) is 5.56 Å². The van der Waals surface area contributed by atoms with E-state index in [0.717, 1.165) is 11.1 Å². The Morgan fingerprint density at radius 1 is 1.16 bits per heavy atom. The van der Waals surface area contributed by atoms with Crippen molar-refractivity contribution in [1.29, 1.82) is 0 Å². The second-order valence-electron chi connectivity index (χ2n) is 6.08. The van der Waals surface area contributed by atoms with Gasteiger partial charge in [0.25, 0.3) is 0 Å². The fourth-order valence-electron chi connectivity index (χ4n) is 2.69. The zero-order valence-corrected chi connectivity index (χ0v) is 15.7. The molecule has 0 aliphatic heterocycles. The topological polar surface area (TPSA) is 9.23 Å². The first-order chi connectivity index (χ1) is 8.78. The SMILES string of the molecule is CC(C)[Si](Cc1cccc(Cl)c1)(O[Si](C)C)C(C)C. The number of hydrogen-bond acceptors (Lipinski definition) is 1. The highest BCUT2D eigenvalue weighted by molar-refractivity contribution is 6.81. The van der Waals surface area contributed by atoms with Crippen LogP contribution in [0.5, 0.6) is 0 Å². The van der Waals surface area contributed by atoms with E-state index >= 15 is 0 Å². The van der Waals surface area contributed by atoms with Crippen molar-refractivity contribution in [3.63, 3.8) is 0 Å². The molecule has 1 rings (SSSR count). The van der Waals surface area contributed by atoms with Gasteiger partial charge < -0.3 is 4.12 Å². The average molecular weight is 314 g/mol. The molecule has 0 bridgehead atoms. The fraction of sp³-hybridized carbons (Fsp3) is 0.600. The van der Waals surface area contributed by atoms with Crippen LogP contribution >= 0.6 is 11.6 Å². The summed E-state index contributed by atoms with van der Waals surface area (Å²) in [6.45, 7) is 13.8. The molecule has 0 aliphatic rings. The summed E-state index contributed by atoms with van der Waals surface area (Å²) in [5.41, 5.74) is 2.56. The van der Waals surface area contributed by atoms with E-state index in [4.69, 9.17) is 15.7 Å². The van der Waals surface area contributed by atoms with Gasteiger partial charge in [-0.2, -0.15) is 0 Å². The van der Waals surface area contributed by atoms with E-state index in [1.807, 2.05) is 12.1 Å². The Hall–Kier alpha value is -0.0962. The molecule has 0 aromatic heterocycles. The fourth-order valence-corrected chi connectivity index (χ4v) is 11.1. The van der Waals surface area contributed by atoms with Crippen LogP contribution in [0.4, 0.5) is 0 Å². The normalized spacial score (nSPS) is 12.7. The number of hydrogen-bond donors (Lipinski definition) is 0. The zero-order valence-electron chi connectivity index (χ0n) is 13.0. The molecule has 0 saturated heterocycles. The van der Waals surface area contributed by atoms with Crippen LogP contribution in [0.3, 0.4) is 0 Å². The Balaban J connectivity index is 3.09. The Morgan fingerprint density at radius 2 is 1.74 bits per heavy atom. The van der Waals surface area contributed by atoms with Crippen LogP contribution in [0, 0.1) is 0 Å². The van der Waals surface area contributed by atoms with Gasteiger partial charge in [-0.1, -0.05) is 51.4 Å². The Kier molecular flexibility index (Phi) is 6.31. The van der Waals surface area contributed by atoms with Crippen LogP contribution in [-0.4, -0.2) is 17.4 Å². The third kappa shape index (κ3) is 4.45. The average Bonchev–Trinajstić information content (AvgIpc) is 2.26. The summed E-state index contributed by atoms with van der Waals surface area (Å²) in [7, 11) is -2.47. The van der Waals surface area contributed by atoms with Gasteiger partial charge in [-0.05, 0) is 47.9 Å². The second-order valence-corrected chi connectivity index (χ2v) is 13.7. The predicted octanol–water partition coefficient (Wildman–Crippen LogP) is 5.45. The highest BCUT2D eigenvalue weighted by Gasteiger charge is 2.42. The summed E-state index contributed by atoms with van der Waals surface area (Å²) < 4.78 is 6.60. The van der Waals surface area contributed by atoms with Crippen molar-refractivity contribution in [3.8, 4) is 0 Å². The second kappa shape index (κ2) is 7.07. The van der Waals surface area contributed by atoms with E-state index in [0.29, 0.717) is 11.1 Å². The number of rotatable bonds is 6. The lowest BCUT2D eigenvalue weighted by Gasteiger charge is -2.40. The summed E-state index contributed by atoms with van der Waals surface area (Å²) in [5, 5.41) is 0.825. The van der Waals surface area contributed by atoms with E-state index in [-0.39, 0.29) is 0 Å². The molecule has 0 heterocycles. The first-order valence-electron chi connectivity index (χ1n) is 7.01. The van der Waals surface area contributed by atoms with Crippen LogP contribution in [0.15, 0.2) is 24.3 Å². The van der Waals surface area contributed by atoms with Crippen molar-refractivity contribution >= 4 is 29.0 Å². The molecule has 4 heteroatoms. The van der Waals surface area contributed by atoms with Crippen molar-refractivity contribution in [2.24, 2.45) is 0 Å². The molecule has 0 atom stereocenters. The van der Waals surface area contributed by atoms with Gasteiger partial charge in [-0.25, -0.2) is 0 Å². The maximum Gasteiger partial charge on any atom is 0.191 e. The van der Waals surface area contributed by atoms with Gasteiger partial charge in [0.05, 0.1) is 0 Å². The van der Waals surface area contributed by atoms with E-state index in [1.54, 1.807) is 0 Å². The summed E-state index contributed by atoms with van der Waals surface area (Å²) in [4.78, 5) is 0. The lowest BCUT2D eigenvalue weighted by molar-refractivity contribution is 0.511. The number of halogens is 1. The molecule has 0 fully saturated rings. The van der Waals surface area contributed by atoms with Gasteiger partial charge in [-0.15, -0.1) is 0 Å². The third-order valence-electron chi connectivity index (χ3n) is 3.72. The third-order valence-corrected chi connectivity index (χ3v) is 12.0. The first kappa shape index (κ1) is 17.0. The first-order valence-corrected chi connectivity index (χ1v) is 12.1. The van der Waals surface area contributed by atoms with E-state index in [9.17, 15) is 0 Å². The lowest BCUT2D eigenvalue weighted by atomic mass is 10.2. The minimum atomic E-state index is -1.79. The summed E-state index contributed by atoms with van der Waals surface area (Å²) in [6, 6.07) is 9.32. The molecule has 0 aliphatic carbocycles. The molecule has 1 radical (unpaired) electrons. The summed E-state index contributed by atoms with van der Waals surface area (Å²) in [5.74, 6) is 0. The van der Waals surface area contributed by atoms with Crippen LogP contribution in [0.2, 0.25) is 29.2 Å². The minimum absolute atomic E-state index is 0.617. The molecule has 0 amide bonds. The molecule has 1 aromatic rings. The summed E-state index contributed by atoms with van der Waals surface area (Å²) >= 11 is 6.12. The Bertz CT molecular complexity index is 397. The lowest BCUT2D eigenvalue weighted by Crippen LogP contribution is -2.50. The summed E-state index contributed by atoms with van der Waals surface area (Å²) in [6.07, 6.45) is 0. The molecule has 0 spiro atoms. The quantitative estimate of drug-likeness (QED) is 0.634. The smallest absolute Gasteiger partial charge is 0.191 e. The maximum atomic E-state index is 6.60. The molecule has 1 aromatic carbocycles. The van der Waals surface area contributed by atoms with Gasteiger partial charge in [0.15, 0.2) is 17.4 Å². The molecule has 19 heavy (non-hydrogen) atoms. The Labute approximate surface area is 126 Å². The molecule has 1 nitrogen and oxygen atoms in total. The zero-order chi connectivity index (χ0) is 14.6. The number of benzene rings is 1. The van der Waals surface area contributed by atoms with Gasteiger partial charge in [-0.3, -0.25) is 0 Å². The van der Waals surface area contributed by atoms with E-state index < -0.39 is 17.4 Å². The van der Waals surface area contributed by atoms with Gasteiger partial charge in [0.1, 0.15) is 0 Å². The standard InChI is InChI=1S/C15H26ClOSi2/c1-12(2)19(13(3)4,17-18(5)6)11-14-8-7-9-15(16)10-14/h7-10,12-13H,11H2,1-6H3. The minimum Gasteiger partial charge on any atom is -0.455 e. The molecule has 0 saturated carbocycles. The molecule has 0 unspecified atom stereocenters.